The molecule has 1 rings (SSSR count). The second-order valence-corrected chi connectivity index (χ2v) is 1.80. The maximum Gasteiger partial charge on any atom is 0.171 e. The Morgan fingerprint density at radius 2 is 2.00 bits per heavy atom. The van der Waals surface area contributed by atoms with Gasteiger partial charge in [0.05, 0.1) is 0 Å². The van der Waals surface area contributed by atoms with Gasteiger partial charge in [-0.15, -0.1) is 12.4 Å². The molecule has 0 aromatic carbocycles. The molecule has 0 saturated heterocycles. The van der Waals surface area contributed by atoms with Crippen LogP contribution in [0.5, 0.6) is 0 Å². The lowest BCUT2D eigenvalue weighted by atomic mass is 10.7. The Morgan fingerprint density at radius 3 is 2.40 bits per heavy atom. The quantitative estimate of drug-likeness (QED) is 0.713. The van der Waals surface area contributed by atoms with Gasteiger partial charge in [0.15, 0.2) is 11.0 Å². The van der Waals surface area contributed by atoms with Gasteiger partial charge in [0, 0.05) is 19.4 Å². The van der Waals surface area contributed by atoms with Crippen LogP contribution in [0.2, 0.25) is 5.15 Å². The van der Waals surface area contributed by atoms with Crippen molar-refractivity contribution in [3.8, 4) is 0 Å². The number of nitrogens with zero attached hydrogens (tertiary/aromatic N) is 2. The van der Waals surface area contributed by atoms with E-state index >= 15 is 0 Å². The van der Waals surface area contributed by atoms with Crippen LogP contribution in [0.25, 0.3) is 0 Å². The highest BCUT2D eigenvalue weighted by atomic mass is 35.5. The summed E-state index contributed by atoms with van der Waals surface area (Å²) in [5.41, 5.74) is 0. The van der Waals surface area contributed by atoms with Gasteiger partial charge in [0.1, 0.15) is 0 Å². The normalized spacial score (nSPS) is 8.20. The molecule has 0 bridgehead atoms. The fraction of sp³-hybridized carbons (Fsp3) is 0.200. The summed E-state index contributed by atoms with van der Waals surface area (Å²) >= 11 is 5.59. The molecule has 0 amide bonds. The molecule has 0 atom stereocenters. The summed E-state index contributed by atoms with van der Waals surface area (Å²) in [4.78, 5) is 7.68. The summed E-state index contributed by atoms with van der Waals surface area (Å²) in [6, 6.07) is 0. The van der Waals surface area contributed by atoms with Crippen molar-refractivity contribution in [2.24, 2.45) is 0 Å². The van der Waals surface area contributed by atoms with Gasteiger partial charge in [-0.1, -0.05) is 11.6 Å². The van der Waals surface area contributed by atoms with Crippen molar-refractivity contribution in [3.05, 3.63) is 17.5 Å². The molecule has 10 heavy (non-hydrogen) atoms. The Labute approximate surface area is 70.2 Å². The largest absolute Gasteiger partial charge is 0.371 e. The second-order valence-electron chi connectivity index (χ2n) is 1.45. The van der Waals surface area contributed by atoms with Crippen LogP contribution in [0.4, 0.5) is 5.82 Å². The Balaban J connectivity index is 0.000000810. The summed E-state index contributed by atoms with van der Waals surface area (Å²) in [6.45, 7) is 0. The second kappa shape index (κ2) is 4.30. The third-order valence-electron chi connectivity index (χ3n) is 0.890. The first-order chi connectivity index (χ1) is 4.34. The van der Waals surface area contributed by atoms with E-state index in [1.165, 1.54) is 0 Å². The summed E-state index contributed by atoms with van der Waals surface area (Å²) in [6.07, 6.45) is 3.13. The minimum atomic E-state index is 0. The van der Waals surface area contributed by atoms with Gasteiger partial charge in [-0.05, 0) is 0 Å². The molecule has 0 spiro atoms. The van der Waals surface area contributed by atoms with Gasteiger partial charge in [0.2, 0.25) is 0 Å². The zero-order valence-corrected chi connectivity index (χ0v) is 6.91. The number of halogens is 2. The topological polar surface area (TPSA) is 37.8 Å². The Morgan fingerprint density at radius 1 is 1.40 bits per heavy atom. The highest BCUT2D eigenvalue weighted by Crippen LogP contribution is 2.11. The summed E-state index contributed by atoms with van der Waals surface area (Å²) in [5, 5.41) is 3.19. The minimum absolute atomic E-state index is 0. The molecule has 0 aliphatic carbocycles. The van der Waals surface area contributed by atoms with E-state index in [0.717, 1.165) is 0 Å². The Bertz CT molecular complexity index is 204. The van der Waals surface area contributed by atoms with Gasteiger partial charge in [0.25, 0.3) is 0 Å². The predicted octanol–water partition coefficient (Wildman–Crippen LogP) is 1.59. The first-order valence-electron chi connectivity index (χ1n) is 2.49. The molecule has 0 aliphatic heterocycles. The number of aromatic nitrogens is 2. The van der Waals surface area contributed by atoms with E-state index in [2.05, 4.69) is 15.3 Å². The van der Waals surface area contributed by atoms with Gasteiger partial charge in [-0.2, -0.15) is 0 Å². The molecule has 0 fully saturated rings. The molecule has 0 radical (unpaired) electrons. The number of hydrogen-bond acceptors (Lipinski definition) is 3. The molecule has 0 unspecified atom stereocenters. The molecule has 1 aromatic heterocycles. The van der Waals surface area contributed by atoms with Crippen LogP contribution in [-0.4, -0.2) is 17.0 Å². The van der Waals surface area contributed by atoms with Gasteiger partial charge in [-0.25, -0.2) is 9.97 Å². The van der Waals surface area contributed by atoms with Crippen molar-refractivity contribution in [2.75, 3.05) is 12.4 Å². The standard InChI is InChI=1S/C5H6ClN3.ClH/c1-7-5-4(6)8-2-3-9-5;/h2-3H,1H3,(H,7,9);1H. The average molecular weight is 180 g/mol. The smallest absolute Gasteiger partial charge is 0.171 e. The Kier molecular flexibility index (Phi) is 4.07. The van der Waals surface area contributed by atoms with Crippen LogP contribution in [0, 0.1) is 0 Å². The SMILES string of the molecule is CNc1nccnc1Cl.Cl. The maximum absolute atomic E-state index is 5.59. The lowest BCUT2D eigenvalue weighted by molar-refractivity contribution is 1.19. The first kappa shape index (κ1) is 9.46. The molecule has 56 valence electrons. The van der Waals surface area contributed by atoms with E-state index in [0.29, 0.717) is 11.0 Å². The number of nitrogens with one attached hydrogen (secondary N) is 1. The lowest BCUT2D eigenvalue weighted by Gasteiger charge is -1.96. The van der Waals surface area contributed by atoms with Crippen LogP contribution in [0.15, 0.2) is 12.4 Å². The summed E-state index contributed by atoms with van der Waals surface area (Å²) < 4.78 is 0. The highest BCUT2D eigenvalue weighted by Gasteiger charge is 1.95. The monoisotopic (exact) mass is 179 g/mol. The fourth-order valence-corrected chi connectivity index (χ4v) is 0.688. The molecule has 0 aliphatic rings. The zero-order valence-electron chi connectivity index (χ0n) is 5.34. The van der Waals surface area contributed by atoms with Crippen LogP contribution < -0.4 is 5.32 Å². The molecule has 5 heteroatoms. The van der Waals surface area contributed by atoms with Gasteiger partial charge < -0.3 is 5.32 Å². The van der Waals surface area contributed by atoms with E-state index in [1.807, 2.05) is 0 Å². The van der Waals surface area contributed by atoms with Gasteiger partial charge in [-0.3, -0.25) is 0 Å². The maximum atomic E-state index is 5.59. The summed E-state index contributed by atoms with van der Waals surface area (Å²) in [7, 11) is 1.75. The molecule has 3 nitrogen and oxygen atoms in total. The average Bonchev–Trinajstić information content (AvgIpc) is 1.89. The minimum Gasteiger partial charge on any atom is -0.371 e. The highest BCUT2D eigenvalue weighted by molar-refractivity contribution is 6.31. The van der Waals surface area contributed by atoms with E-state index in [4.69, 9.17) is 11.6 Å². The van der Waals surface area contributed by atoms with E-state index in [9.17, 15) is 0 Å². The number of rotatable bonds is 1. The third kappa shape index (κ3) is 2.01. The summed E-state index contributed by atoms with van der Waals surface area (Å²) in [5.74, 6) is 0.610. The molecular weight excluding hydrogens is 173 g/mol. The van der Waals surface area contributed by atoms with Crippen LogP contribution in [-0.2, 0) is 0 Å². The number of anilines is 1. The van der Waals surface area contributed by atoms with Crippen molar-refractivity contribution in [1.29, 1.82) is 0 Å². The van der Waals surface area contributed by atoms with E-state index < -0.39 is 0 Å². The van der Waals surface area contributed by atoms with Crippen molar-refractivity contribution in [1.82, 2.24) is 9.97 Å². The molecule has 1 N–H and O–H groups in total. The molecule has 1 aromatic rings. The van der Waals surface area contributed by atoms with Crippen molar-refractivity contribution in [3.63, 3.8) is 0 Å². The Hall–Kier alpha value is -0.540. The molecule has 0 saturated carbocycles. The third-order valence-corrected chi connectivity index (χ3v) is 1.17. The van der Waals surface area contributed by atoms with Crippen LogP contribution in [0.3, 0.4) is 0 Å². The lowest BCUT2D eigenvalue weighted by Crippen LogP contribution is -1.93. The van der Waals surface area contributed by atoms with Crippen LogP contribution >= 0.6 is 24.0 Å². The van der Waals surface area contributed by atoms with Gasteiger partial charge >= 0.3 is 0 Å². The van der Waals surface area contributed by atoms with E-state index in [1.54, 1.807) is 19.4 Å². The fourth-order valence-electron chi connectivity index (χ4n) is 0.489. The van der Waals surface area contributed by atoms with Crippen LogP contribution in [0.1, 0.15) is 0 Å². The molecular formula is C5H7Cl2N3. The van der Waals surface area contributed by atoms with Crippen molar-refractivity contribution < 1.29 is 0 Å². The van der Waals surface area contributed by atoms with Crippen molar-refractivity contribution >= 4 is 29.8 Å². The van der Waals surface area contributed by atoms with Crippen molar-refractivity contribution in [2.45, 2.75) is 0 Å². The predicted molar refractivity (Wildman–Crippen MR) is 43.8 cm³/mol. The molecule has 1 heterocycles. The number of hydrogen-bond donors (Lipinski definition) is 1. The first-order valence-corrected chi connectivity index (χ1v) is 2.86. The zero-order chi connectivity index (χ0) is 6.69. The van der Waals surface area contributed by atoms with E-state index in [-0.39, 0.29) is 12.4 Å².